The summed E-state index contributed by atoms with van der Waals surface area (Å²) < 4.78 is 48.8. The summed E-state index contributed by atoms with van der Waals surface area (Å²) in [5, 5.41) is 0.734. The van der Waals surface area contributed by atoms with Crippen LogP contribution in [0.25, 0.3) is 0 Å². The summed E-state index contributed by atoms with van der Waals surface area (Å²) in [4.78, 5) is 35.8. The minimum Gasteiger partial charge on any atom is -0.490 e. The van der Waals surface area contributed by atoms with Crippen LogP contribution >= 0.6 is 11.6 Å². The lowest BCUT2D eigenvalue weighted by atomic mass is 9.68. The van der Waals surface area contributed by atoms with Gasteiger partial charge in [-0.3, -0.25) is 24.1 Å². The number of fused-ring (bicyclic) bond motifs is 5. The first-order valence-electron chi connectivity index (χ1n) is 22.3. The monoisotopic (exact) mass is 888 g/mol. The van der Waals surface area contributed by atoms with Crippen LogP contribution in [0.3, 0.4) is 0 Å². The smallest absolute Gasteiger partial charge is 0.286 e. The molecule has 1 spiro atoms. The first kappa shape index (κ1) is 43.5. The van der Waals surface area contributed by atoms with Gasteiger partial charge in [-0.05, 0) is 97.4 Å². The van der Waals surface area contributed by atoms with Crippen molar-refractivity contribution in [1.29, 1.82) is 0 Å². The Hall–Kier alpha value is -3.76. The van der Waals surface area contributed by atoms with Crippen LogP contribution in [0.1, 0.15) is 70.1 Å². The van der Waals surface area contributed by atoms with Crippen molar-refractivity contribution in [1.82, 2.24) is 19.1 Å². The van der Waals surface area contributed by atoms with Crippen LogP contribution in [0.15, 0.2) is 65.2 Å². The number of piperazine rings is 1. The maximum Gasteiger partial charge on any atom is 0.286 e. The maximum atomic E-state index is 15.1. The van der Waals surface area contributed by atoms with E-state index in [9.17, 15) is 9.59 Å². The third-order valence-corrected chi connectivity index (χ3v) is 16.7. The number of amides is 2. The van der Waals surface area contributed by atoms with E-state index in [2.05, 4.69) is 42.0 Å². The zero-order valence-electron chi connectivity index (χ0n) is 36.4. The fourth-order valence-corrected chi connectivity index (χ4v) is 13.0. The number of ether oxygens (including phenoxy) is 4. The number of nitrogens with zero attached hydrogens (tertiary/aromatic N) is 5. The second-order valence-electron chi connectivity index (χ2n) is 18.5. The van der Waals surface area contributed by atoms with Gasteiger partial charge < -0.3 is 28.4 Å². The van der Waals surface area contributed by atoms with E-state index in [1.54, 1.807) is 26.5 Å². The van der Waals surface area contributed by atoms with E-state index in [1.807, 2.05) is 48.9 Å². The van der Waals surface area contributed by atoms with Gasteiger partial charge in [-0.1, -0.05) is 36.7 Å². The van der Waals surface area contributed by atoms with E-state index in [0.29, 0.717) is 43.0 Å². The van der Waals surface area contributed by atoms with E-state index in [4.69, 9.17) is 30.5 Å². The highest BCUT2D eigenvalue weighted by Gasteiger charge is 2.45. The minimum absolute atomic E-state index is 0.115. The zero-order valence-corrected chi connectivity index (χ0v) is 38.0. The van der Waals surface area contributed by atoms with Crippen LogP contribution in [-0.4, -0.2) is 128 Å². The Balaban J connectivity index is 1.05. The molecular formula is C47H61ClN6O7S. The molecule has 3 fully saturated rings. The number of carbonyl (C=O) groups excluding carboxylic acids is 2. The first-order valence-corrected chi connectivity index (χ1v) is 24.3. The average molecular weight is 890 g/mol. The molecule has 2 amide bonds. The highest BCUT2D eigenvalue weighted by atomic mass is 35.5. The van der Waals surface area contributed by atoms with Gasteiger partial charge in [0.05, 0.1) is 49.0 Å². The van der Waals surface area contributed by atoms with Gasteiger partial charge in [-0.2, -0.15) is 0 Å². The number of nitrogens with one attached hydrogen (secondary N) is 1. The average Bonchev–Trinajstić information content (AvgIpc) is 3.54. The standard InChI is InChI=1S/C47H61ClN6O7S/c1-31-28-62(57,50-46(56)35-21-37(51(2)23-35)25-52-16-17-53-18-19-60-27-38(53)26-52)49-45(55)33-8-12-44-41(22-33)54(24-34-7-10-39(34)43(59-4)14-13-42(31)58-3)29-47(30-61-44)15-5-6-32-20-36(48)9-11-40(32)47/h8-9,11-14,20-23,31,34,38-39,42-43H,5-7,10,15-19,24-30H2,1-4H3,(H,49,50,55,56,57)/b14-13+/t31-,34+,38+,39-,42+,43+,47+,62?/m1/s1. The van der Waals surface area contributed by atoms with Crippen LogP contribution in [0.4, 0.5) is 5.69 Å². The van der Waals surface area contributed by atoms with Crippen LogP contribution < -0.4 is 14.4 Å². The molecule has 5 heterocycles. The molecule has 2 saturated heterocycles. The van der Waals surface area contributed by atoms with E-state index >= 15 is 4.21 Å². The maximum absolute atomic E-state index is 15.1. The number of aryl methyl sites for hydroxylation is 2. The van der Waals surface area contributed by atoms with E-state index in [1.165, 1.54) is 11.1 Å². The summed E-state index contributed by atoms with van der Waals surface area (Å²) in [6.45, 7) is 9.75. The second kappa shape index (κ2) is 18.0. The van der Waals surface area contributed by atoms with E-state index in [-0.39, 0.29) is 28.8 Å². The van der Waals surface area contributed by atoms with Gasteiger partial charge in [-0.15, -0.1) is 4.36 Å². The van der Waals surface area contributed by atoms with Crippen LogP contribution in [0.5, 0.6) is 5.75 Å². The Morgan fingerprint density at radius 2 is 1.89 bits per heavy atom. The molecule has 8 atom stereocenters. The normalized spacial score (nSPS) is 32.3. The van der Waals surface area contributed by atoms with Crippen molar-refractivity contribution in [2.45, 2.75) is 69.2 Å². The fourth-order valence-electron chi connectivity index (χ4n) is 10.9. The molecule has 1 N–H and O–H groups in total. The molecule has 62 heavy (non-hydrogen) atoms. The number of carbonyl (C=O) groups is 2. The summed E-state index contributed by atoms with van der Waals surface area (Å²) in [5.41, 5.74) is 4.63. The molecule has 3 aromatic rings. The van der Waals surface area contributed by atoms with Gasteiger partial charge in [-0.25, -0.2) is 4.21 Å². The quantitative estimate of drug-likeness (QED) is 0.300. The summed E-state index contributed by atoms with van der Waals surface area (Å²) in [6, 6.07) is 13.8. The number of rotatable bonds is 6. The fraction of sp³-hybridized carbons (Fsp3) is 0.574. The number of benzene rings is 2. The third-order valence-electron chi connectivity index (χ3n) is 14.5. The van der Waals surface area contributed by atoms with Crippen LogP contribution in [0, 0.1) is 17.8 Å². The van der Waals surface area contributed by atoms with Crippen LogP contribution in [-0.2, 0) is 49.6 Å². The second-order valence-corrected chi connectivity index (χ2v) is 21.0. The number of halogens is 1. The van der Waals surface area contributed by atoms with E-state index in [0.717, 1.165) is 94.4 Å². The predicted octanol–water partition coefficient (Wildman–Crippen LogP) is 5.88. The molecule has 1 unspecified atom stereocenters. The van der Waals surface area contributed by atoms with Gasteiger partial charge >= 0.3 is 0 Å². The molecule has 6 aliphatic rings. The van der Waals surface area contributed by atoms with Crippen LogP contribution in [0.2, 0.25) is 5.02 Å². The lowest BCUT2D eigenvalue weighted by Gasteiger charge is -2.46. The topological polar surface area (TPSA) is 127 Å². The van der Waals surface area contributed by atoms with Crippen molar-refractivity contribution >= 4 is 39.0 Å². The number of hydrogen-bond donors (Lipinski definition) is 1. The Labute approximate surface area is 371 Å². The van der Waals surface area contributed by atoms with Gasteiger partial charge in [0.15, 0.2) is 0 Å². The van der Waals surface area contributed by atoms with Crippen molar-refractivity contribution in [2.75, 3.05) is 84.0 Å². The number of morpholine rings is 1. The predicted molar refractivity (Wildman–Crippen MR) is 240 cm³/mol. The Kier molecular flexibility index (Phi) is 12.6. The molecule has 1 saturated carbocycles. The Morgan fingerprint density at radius 1 is 1.05 bits per heavy atom. The summed E-state index contributed by atoms with van der Waals surface area (Å²) in [7, 11) is 1.59. The minimum atomic E-state index is -3.69. The largest absolute Gasteiger partial charge is 0.490 e. The molecule has 2 aliphatic carbocycles. The third kappa shape index (κ3) is 8.85. The Bertz CT molecular complexity index is 2330. The lowest BCUT2D eigenvalue weighted by molar-refractivity contribution is -0.0464. The molecule has 4 aliphatic heterocycles. The molecule has 2 bridgehead atoms. The molecule has 1 aromatic heterocycles. The molecule has 15 heteroatoms. The number of anilines is 1. The van der Waals surface area contributed by atoms with E-state index < -0.39 is 33.8 Å². The summed E-state index contributed by atoms with van der Waals surface area (Å²) >= 11 is 6.51. The summed E-state index contributed by atoms with van der Waals surface area (Å²) in [5.74, 6) is -0.434. The summed E-state index contributed by atoms with van der Waals surface area (Å²) in [6.07, 6.45) is 10.2. The van der Waals surface area contributed by atoms with Crippen molar-refractivity contribution in [3.63, 3.8) is 0 Å². The SMILES string of the molecule is CO[C@H]1/C=C/[C@H](OC)[C@H](C)CS(=O)(NC(=O)c2cc(CN3CCN4CCOC[C@@H]4C3)n(C)c2)=NC(=O)c2ccc3c(c2)N(C[C@@H]2CC[C@H]21)C[C@@]1(CCCc2cc(Cl)ccc21)CO3. The Morgan fingerprint density at radius 3 is 2.69 bits per heavy atom. The lowest BCUT2D eigenvalue weighted by Crippen LogP contribution is -2.57. The zero-order chi connectivity index (χ0) is 43.2. The highest BCUT2D eigenvalue weighted by Crippen LogP contribution is 2.47. The van der Waals surface area contributed by atoms with Gasteiger partial charge in [0.2, 0.25) is 0 Å². The van der Waals surface area contributed by atoms with Crippen molar-refractivity contribution < 1.29 is 32.7 Å². The van der Waals surface area contributed by atoms with Crippen molar-refractivity contribution in [2.24, 2.45) is 29.2 Å². The van der Waals surface area contributed by atoms with Gasteiger partial charge in [0.25, 0.3) is 11.8 Å². The molecule has 0 radical (unpaired) electrons. The number of hydrogen-bond acceptors (Lipinski definition) is 10. The molecule has 334 valence electrons. The highest BCUT2D eigenvalue weighted by molar-refractivity contribution is 7.92. The molecule has 9 rings (SSSR count). The van der Waals surface area contributed by atoms with Crippen molar-refractivity contribution in [3.8, 4) is 5.75 Å². The molecule has 13 nitrogen and oxygen atoms in total. The number of methoxy groups -OCH3 is 2. The number of aromatic nitrogens is 1. The molecule has 2 aromatic carbocycles. The van der Waals surface area contributed by atoms with Gasteiger partial charge in [0.1, 0.15) is 15.7 Å². The molecular weight excluding hydrogens is 828 g/mol. The van der Waals surface area contributed by atoms with Gasteiger partial charge in [0, 0.05) is 101 Å². The first-order chi connectivity index (χ1) is 29.9. The van der Waals surface area contributed by atoms with Crippen molar-refractivity contribution in [3.05, 3.63) is 93.8 Å².